The minimum Gasteiger partial charge on any atom is -0.455 e. The number of anilines is 3. The van der Waals surface area contributed by atoms with Gasteiger partial charge in [-0.15, -0.1) is 0 Å². The normalized spacial score (nSPS) is 14.7. The maximum absolute atomic E-state index is 13.1. The Morgan fingerprint density at radius 3 is 2.79 bits per heavy atom. The summed E-state index contributed by atoms with van der Waals surface area (Å²) >= 11 is 12.5. The van der Waals surface area contributed by atoms with Gasteiger partial charge in [0.15, 0.2) is 6.73 Å². The molecule has 0 spiro atoms. The van der Waals surface area contributed by atoms with Crippen LogP contribution in [0.25, 0.3) is 0 Å². The molecule has 0 atom stereocenters. The fourth-order valence-electron chi connectivity index (χ4n) is 4.09. The molecule has 9 nitrogen and oxygen atoms in total. The zero-order valence-electron chi connectivity index (χ0n) is 18.1. The summed E-state index contributed by atoms with van der Waals surface area (Å²) in [5.41, 5.74) is 3.89. The SMILES string of the molecule is CNC(=O)c1cc(Nc2ncc3c(n2)OCN(c2c(Cl)cccc2Cl)C3=O)cc2c1CCNC2. The van der Waals surface area contributed by atoms with Gasteiger partial charge in [0.25, 0.3) is 11.8 Å². The zero-order chi connectivity index (χ0) is 23.8. The van der Waals surface area contributed by atoms with E-state index in [9.17, 15) is 9.59 Å². The lowest BCUT2D eigenvalue weighted by atomic mass is 9.94. The van der Waals surface area contributed by atoms with E-state index in [0.29, 0.717) is 33.5 Å². The predicted molar refractivity (Wildman–Crippen MR) is 129 cm³/mol. The lowest BCUT2D eigenvalue weighted by Crippen LogP contribution is -2.39. The molecule has 2 aliphatic rings. The first-order valence-corrected chi connectivity index (χ1v) is 11.3. The average molecular weight is 499 g/mol. The Morgan fingerprint density at radius 1 is 1.24 bits per heavy atom. The molecule has 11 heteroatoms. The van der Waals surface area contributed by atoms with Crippen LogP contribution in [0.2, 0.25) is 10.0 Å². The van der Waals surface area contributed by atoms with Crippen LogP contribution < -0.4 is 25.6 Å². The summed E-state index contributed by atoms with van der Waals surface area (Å²) < 4.78 is 5.74. The van der Waals surface area contributed by atoms with Crippen LogP contribution in [0.5, 0.6) is 5.88 Å². The number of nitrogens with one attached hydrogen (secondary N) is 3. The Labute approximate surface area is 205 Å². The summed E-state index contributed by atoms with van der Waals surface area (Å²) in [6.45, 7) is 1.38. The lowest BCUT2D eigenvalue weighted by molar-refractivity contribution is 0.0930. The summed E-state index contributed by atoms with van der Waals surface area (Å²) in [7, 11) is 1.61. The Kier molecular flexibility index (Phi) is 5.99. The van der Waals surface area contributed by atoms with Crippen molar-refractivity contribution in [2.45, 2.75) is 13.0 Å². The summed E-state index contributed by atoms with van der Waals surface area (Å²) in [5.74, 6) is -0.139. The van der Waals surface area contributed by atoms with Gasteiger partial charge in [-0.3, -0.25) is 14.5 Å². The van der Waals surface area contributed by atoms with Crippen molar-refractivity contribution in [3.05, 3.63) is 68.8 Å². The van der Waals surface area contributed by atoms with E-state index in [2.05, 4.69) is 25.9 Å². The first-order valence-electron chi connectivity index (χ1n) is 10.6. The second-order valence-corrected chi connectivity index (χ2v) is 8.60. The Morgan fingerprint density at radius 2 is 2.03 bits per heavy atom. The van der Waals surface area contributed by atoms with Gasteiger partial charge in [0, 0.05) is 31.0 Å². The average Bonchev–Trinajstić information content (AvgIpc) is 2.84. The Hall–Kier alpha value is -3.40. The van der Waals surface area contributed by atoms with Crippen LogP contribution in [0.1, 0.15) is 31.8 Å². The monoisotopic (exact) mass is 498 g/mol. The number of hydrogen-bond acceptors (Lipinski definition) is 7. The lowest BCUT2D eigenvalue weighted by Gasteiger charge is -2.29. The molecule has 0 aliphatic carbocycles. The molecule has 34 heavy (non-hydrogen) atoms. The molecule has 5 rings (SSSR count). The third kappa shape index (κ3) is 4.02. The highest BCUT2D eigenvalue weighted by Crippen LogP contribution is 2.37. The molecule has 0 unspecified atom stereocenters. The van der Waals surface area contributed by atoms with Gasteiger partial charge in [-0.05, 0) is 48.4 Å². The van der Waals surface area contributed by atoms with Crippen LogP contribution >= 0.6 is 23.2 Å². The van der Waals surface area contributed by atoms with Gasteiger partial charge in [0.2, 0.25) is 11.8 Å². The molecule has 3 N–H and O–H groups in total. The van der Waals surface area contributed by atoms with E-state index in [1.165, 1.54) is 11.1 Å². The number of halogens is 2. The van der Waals surface area contributed by atoms with Gasteiger partial charge in [-0.2, -0.15) is 4.98 Å². The van der Waals surface area contributed by atoms with Crippen LogP contribution in [-0.4, -0.2) is 42.1 Å². The Balaban J connectivity index is 1.43. The van der Waals surface area contributed by atoms with Crippen molar-refractivity contribution in [1.29, 1.82) is 0 Å². The maximum Gasteiger partial charge on any atom is 0.268 e. The largest absolute Gasteiger partial charge is 0.455 e. The molecule has 2 aliphatic heterocycles. The Bertz CT molecular complexity index is 1300. The molecule has 174 valence electrons. The minimum absolute atomic E-state index is 0.100. The van der Waals surface area contributed by atoms with Crippen LogP contribution in [0.4, 0.5) is 17.3 Å². The molecule has 3 heterocycles. The third-order valence-electron chi connectivity index (χ3n) is 5.70. The van der Waals surface area contributed by atoms with Crippen molar-refractivity contribution in [1.82, 2.24) is 20.6 Å². The van der Waals surface area contributed by atoms with Crippen LogP contribution in [0.3, 0.4) is 0 Å². The topological polar surface area (TPSA) is 108 Å². The molecule has 3 aromatic rings. The molecule has 2 aromatic carbocycles. The van der Waals surface area contributed by atoms with Crippen molar-refractivity contribution in [3.63, 3.8) is 0 Å². The van der Waals surface area contributed by atoms with E-state index in [4.69, 9.17) is 27.9 Å². The first-order chi connectivity index (χ1) is 16.5. The van der Waals surface area contributed by atoms with Crippen molar-refractivity contribution in [3.8, 4) is 5.88 Å². The van der Waals surface area contributed by atoms with Gasteiger partial charge >= 0.3 is 0 Å². The van der Waals surface area contributed by atoms with E-state index in [-0.39, 0.29) is 35.9 Å². The molecule has 0 bridgehead atoms. The number of nitrogens with zero attached hydrogens (tertiary/aromatic N) is 3. The number of fused-ring (bicyclic) bond motifs is 2. The van der Waals surface area contributed by atoms with Gasteiger partial charge in [0.05, 0.1) is 15.7 Å². The summed E-state index contributed by atoms with van der Waals surface area (Å²) in [6, 6.07) is 8.74. The number of hydrogen-bond donors (Lipinski definition) is 3. The molecule has 0 fully saturated rings. The number of carbonyl (C=O) groups excluding carboxylic acids is 2. The van der Waals surface area contributed by atoms with E-state index < -0.39 is 0 Å². The fraction of sp³-hybridized carbons (Fsp3) is 0.217. The maximum atomic E-state index is 13.1. The van der Waals surface area contributed by atoms with Crippen molar-refractivity contribution < 1.29 is 14.3 Å². The second kappa shape index (κ2) is 9.09. The summed E-state index contributed by atoms with van der Waals surface area (Å²) in [6.07, 6.45) is 2.17. The number of benzene rings is 2. The molecule has 0 radical (unpaired) electrons. The highest BCUT2D eigenvalue weighted by molar-refractivity contribution is 6.40. The molecule has 1 aromatic heterocycles. The summed E-state index contributed by atoms with van der Waals surface area (Å²) in [5, 5.41) is 9.80. The molecule has 0 saturated heterocycles. The highest BCUT2D eigenvalue weighted by Gasteiger charge is 2.31. The number of ether oxygens (including phenoxy) is 1. The number of para-hydroxylation sites is 1. The first kappa shape index (κ1) is 22.4. The second-order valence-electron chi connectivity index (χ2n) is 7.78. The van der Waals surface area contributed by atoms with Crippen LogP contribution in [-0.2, 0) is 13.0 Å². The predicted octanol–water partition coefficient (Wildman–Crippen LogP) is 3.53. The number of carbonyl (C=O) groups is 2. The van der Waals surface area contributed by atoms with Crippen LogP contribution in [0.15, 0.2) is 36.5 Å². The molecular weight excluding hydrogens is 479 g/mol. The number of aromatic nitrogens is 2. The zero-order valence-corrected chi connectivity index (χ0v) is 19.6. The summed E-state index contributed by atoms with van der Waals surface area (Å²) in [4.78, 5) is 35.5. The standard InChI is InChI=1S/C23H20Cl2N6O3/c1-26-20(32)15-8-13(7-12-9-27-6-5-14(12)15)29-23-28-10-16-21(30-23)34-11-31(22(16)33)19-17(24)3-2-4-18(19)25/h2-4,7-8,10,27H,5-6,9,11H2,1H3,(H,26,32)(H,28,29,30). The van der Waals surface area contributed by atoms with Crippen molar-refractivity contribution in [2.75, 3.05) is 30.5 Å². The van der Waals surface area contributed by atoms with Gasteiger partial charge < -0.3 is 20.7 Å². The van der Waals surface area contributed by atoms with E-state index in [1.54, 1.807) is 31.3 Å². The van der Waals surface area contributed by atoms with Gasteiger partial charge in [-0.25, -0.2) is 4.98 Å². The van der Waals surface area contributed by atoms with E-state index >= 15 is 0 Å². The van der Waals surface area contributed by atoms with Crippen molar-refractivity contribution >= 4 is 52.3 Å². The smallest absolute Gasteiger partial charge is 0.268 e. The third-order valence-corrected chi connectivity index (χ3v) is 6.31. The minimum atomic E-state index is -0.371. The quantitative estimate of drug-likeness (QED) is 0.504. The van der Waals surface area contributed by atoms with Gasteiger partial charge in [-0.1, -0.05) is 29.3 Å². The molecular formula is C23H20Cl2N6O3. The van der Waals surface area contributed by atoms with Gasteiger partial charge in [0.1, 0.15) is 5.56 Å². The van der Waals surface area contributed by atoms with E-state index in [0.717, 1.165) is 24.1 Å². The van der Waals surface area contributed by atoms with Crippen LogP contribution in [0, 0.1) is 0 Å². The highest BCUT2D eigenvalue weighted by atomic mass is 35.5. The molecule has 0 saturated carbocycles. The number of rotatable bonds is 4. The number of amides is 2. The van der Waals surface area contributed by atoms with Crippen molar-refractivity contribution in [2.24, 2.45) is 0 Å². The van der Waals surface area contributed by atoms with E-state index in [1.807, 2.05) is 6.07 Å². The fourth-order valence-corrected chi connectivity index (χ4v) is 4.69. The molecule has 2 amide bonds.